The second-order valence-corrected chi connectivity index (χ2v) is 2.99. The number of ether oxygens (including phenoxy) is 1. The van der Waals surface area contributed by atoms with E-state index < -0.39 is 5.97 Å². The van der Waals surface area contributed by atoms with Crippen molar-refractivity contribution in [2.45, 2.75) is 19.9 Å². The predicted molar refractivity (Wildman–Crippen MR) is 54.3 cm³/mol. The molecule has 1 heterocycles. The van der Waals surface area contributed by atoms with Gasteiger partial charge in [0.15, 0.2) is 5.82 Å². The van der Waals surface area contributed by atoms with Crippen LogP contribution in [0.2, 0.25) is 0 Å². The minimum absolute atomic E-state index is 0.0779. The predicted octanol–water partition coefficient (Wildman–Crippen LogP) is 0.0244. The number of aliphatic hydroxyl groups excluding tert-OH is 1. The van der Waals surface area contributed by atoms with Crippen molar-refractivity contribution in [2.75, 3.05) is 18.9 Å². The Balaban J connectivity index is 2.72. The van der Waals surface area contributed by atoms with Crippen molar-refractivity contribution in [1.29, 1.82) is 0 Å². The molecule has 0 saturated heterocycles. The zero-order chi connectivity index (χ0) is 11.3. The molecule has 3 N–H and O–H groups in total. The molecule has 0 saturated carbocycles. The van der Waals surface area contributed by atoms with E-state index in [0.717, 1.165) is 0 Å². The molecular weight excluding hydrogens is 198 g/mol. The van der Waals surface area contributed by atoms with Crippen LogP contribution in [0.4, 0.5) is 5.82 Å². The van der Waals surface area contributed by atoms with E-state index in [1.54, 1.807) is 6.92 Å². The van der Waals surface area contributed by atoms with Crippen LogP contribution in [-0.4, -0.2) is 34.1 Å². The van der Waals surface area contributed by atoms with Crippen molar-refractivity contribution < 1.29 is 14.6 Å². The maximum Gasteiger partial charge on any atom is 0.343 e. The molecule has 0 aliphatic heterocycles. The number of carbonyl (C=O) groups is 1. The first-order valence-corrected chi connectivity index (χ1v) is 4.80. The highest BCUT2D eigenvalue weighted by molar-refractivity contribution is 5.93. The van der Waals surface area contributed by atoms with Gasteiger partial charge < -0.3 is 15.6 Å². The third-order valence-electron chi connectivity index (χ3n) is 1.83. The molecule has 1 rings (SSSR count). The average Bonchev–Trinajstić information content (AvgIpc) is 2.57. The van der Waals surface area contributed by atoms with Crippen LogP contribution >= 0.6 is 0 Å². The van der Waals surface area contributed by atoms with Gasteiger partial charge in [0.25, 0.3) is 0 Å². The number of aromatic nitrogens is 2. The van der Waals surface area contributed by atoms with E-state index >= 15 is 0 Å². The first kappa shape index (κ1) is 11.5. The first-order valence-electron chi connectivity index (χ1n) is 4.80. The van der Waals surface area contributed by atoms with E-state index in [1.165, 1.54) is 10.9 Å². The number of hydrogen-bond acceptors (Lipinski definition) is 5. The van der Waals surface area contributed by atoms with E-state index in [4.69, 9.17) is 15.6 Å². The number of nitrogen functional groups attached to an aromatic ring is 1. The lowest BCUT2D eigenvalue weighted by Gasteiger charge is -1.98. The Labute approximate surface area is 87.6 Å². The second kappa shape index (κ2) is 5.35. The summed E-state index contributed by atoms with van der Waals surface area (Å²) in [6.45, 7) is 2.64. The van der Waals surface area contributed by atoms with Gasteiger partial charge in [-0.3, -0.25) is 4.68 Å². The van der Waals surface area contributed by atoms with E-state index in [0.29, 0.717) is 19.6 Å². The van der Waals surface area contributed by atoms with Crippen molar-refractivity contribution in [3.05, 3.63) is 11.8 Å². The molecular formula is C9H15N3O3. The lowest BCUT2D eigenvalue weighted by molar-refractivity contribution is 0.0527. The highest BCUT2D eigenvalue weighted by Crippen LogP contribution is 2.10. The quantitative estimate of drug-likeness (QED) is 0.673. The Morgan fingerprint density at radius 2 is 2.47 bits per heavy atom. The molecule has 0 aliphatic rings. The van der Waals surface area contributed by atoms with Crippen LogP contribution in [0.25, 0.3) is 0 Å². The fourth-order valence-corrected chi connectivity index (χ4v) is 1.15. The Morgan fingerprint density at radius 1 is 1.73 bits per heavy atom. The van der Waals surface area contributed by atoms with Crippen molar-refractivity contribution in [3.8, 4) is 0 Å². The molecule has 0 aliphatic carbocycles. The van der Waals surface area contributed by atoms with Crippen LogP contribution < -0.4 is 5.73 Å². The molecule has 6 heteroatoms. The minimum atomic E-state index is -0.467. The van der Waals surface area contributed by atoms with E-state index in [2.05, 4.69) is 5.10 Å². The lowest BCUT2D eigenvalue weighted by atomic mass is 10.3. The van der Waals surface area contributed by atoms with Crippen molar-refractivity contribution in [3.63, 3.8) is 0 Å². The fourth-order valence-electron chi connectivity index (χ4n) is 1.15. The molecule has 0 radical (unpaired) electrons. The summed E-state index contributed by atoms with van der Waals surface area (Å²) in [4.78, 5) is 11.3. The third kappa shape index (κ3) is 2.95. The first-order chi connectivity index (χ1) is 7.19. The fraction of sp³-hybridized carbons (Fsp3) is 0.556. The van der Waals surface area contributed by atoms with Crippen LogP contribution in [0.15, 0.2) is 6.20 Å². The summed E-state index contributed by atoms with van der Waals surface area (Å²) < 4.78 is 6.33. The van der Waals surface area contributed by atoms with Gasteiger partial charge in [-0.05, 0) is 13.3 Å². The monoisotopic (exact) mass is 213 g/mol. The normalized spacial score (nSPS) is 10.3. The summed E-state index contributed by atoms with van der Waals surface area (Å²) in [5, 5.41) is 12.6. The summed E-state index contributed by atoms with van der Waals surface area (Å²) in [5.74, 6) is -0.309. The Bertz CT molecular complexity index is 335. The standard InChI is InChI=1S/C9H15N3O3/c1-2-15-9(14)7-6-12(4-3-5-13)11-8(7)10/h6,13H,2-5H2,1H3,(H2,10,11). The van der Waals surface area contributed by atoms with Gasteiger partial charge in [-0.15, -0.1) is 0 Å². The highest BCUT2D eigenvalue weighted by atomic mass is 16.5. The number of aryl methyl sites for hydroxylation is 1. The topological polar surface area (TPSA) is 90.4 Å². The van der Waals surface area contributed by atoms with Crippen molar-refractivity contribution in [1.82, 2.24) is 9.78 Å². The zero-order valence-electron chi connectivity index (χ0n) is 8.64. The van der Waals surface area contributed by atoms with Crippen molar-refractivity contribution in [2.24, 2.45) is 0 Å². The number of hydrogen-bond donors (Lipinski definition) is 2. The summed E-state index contributed by atoms with van der Waals surface area (Å²) >= 11 is 0. The van der Waals surface area contributed by atoms with Gasteiger partial charge in [-0.25, -0.2) is 4.79 Å². The maximum atomic E-state index is 11.3. The summed E-state index contributed by atoms with van der Waals surface area (Å²) in [6.07, 6.45) is 2.10. The molecule has 0 amide bonds. The van der Waals surface area contributed by atoms with Gasteiger partial charge in [0.2, 0.25) is 0 Å². The van der Waals surface area contributed by atoms with Crippen LogP contribution in [0.3, 0.4) is 0 Å². The highest BCUT2D eigenvalue weighted by Gasteiger charge is 2.14. The van der Waals surface area contributed by atoms with E-state index in [-0.39, 0.29) is 18.0 Å². The van der Waals surface area contributed by atoms with E-state index in [9.17, 15) is 4.79 Å². The van der Waals surface area contributed by atoms with Crippen LogP contribution in [0.1, 0.15) is 23.7 Å². The second-order valence-electron chi connectivity index (χ2n) is 2.99. The number of esters is 1. The van der Waals surface area contributed by atoms with Gasteiger partial charge in [0.1, 0.15) is 5.56 Å². The molecule has 0 spiro atoms. The molecule has 0 aromatic carbocycles. The number of aliphatic hydroxyl groups is 1. The number of anilines is 1. The molecule has 0 atom stereocenters. The number of carbonyl (C=O) groups excluding carboxylic acids is 1. The summed E-state index contributed by atoms with van der Waals surface area (Å²) in [7, 11) is 0. The summed E-state index contributed by atoms with van der Waals surface area (Å²) in [6, 6.07) is 0. The molecule has 0 unspecified atom stereocenters. The number of rotatable bonds is 5. The SMILES string of the molecule is CCOC(=O)c1cn(CCCO)nc1N. The zero-order valence-corrected chi connectivity index (χ0v) is 8.64. The Hall–Kier alpha value is -1.56. The van der Waals surface area contributed by atoms with E-state index in [1.807, 2.05) is 0 Å². The van der Waals surface area contributed by atoms with Crippen molar-refractivity contribution >= 4 is 11.8 Å². The molecule has 0 fully saturated rings. The number of nitrogens with zero attached hydrogens (tertiary/aromatic N) is 2. The molecule has 1 aromatic rings. The minimum Gasteiger partial charge on any atom is -0.462 e. The smallest absolute Gasteiger partial charge is 0.343 e. The molecule has 1 aromatic heterocycles. The molecule has 6 nitrogen and oxygen atoms in total. The Kier molecular flexibility index (Phi) is 4.11. The van der Waals surface area contributed by atoms with Gasteiger partial charge in [-0.2, -0.15) is 5.10 Å². The van der Waals surface area contributed by atoms with Gasteiger partial charge in [0.05, 0.1) is 6.61 Å². The number of nitrogens with two attached hydrogens (primary N) is 1. The third-order valence-corrected chi connectivity index (χ3v) is 1.83. The Morgan fingerprint density at radius 3 is 3.07 bits per heavy atom. The average molecular weight is 213 g/mol. The van der Waals surface area contributed by atoms with Crippen LogP contribution in [0.5, 0.6) is 0 Å². The van der Waals surface area contributed by atoms with Crippen LogP contribution in [0, 0.1) is 0 Å². The van der Waals surface area contributed by atoms with Gasteiger partial charge >= 0.3 is 5.97 Å². The van der Waals surface area contributed by atoms with Gasteiger partial charge in [0, 0.05) is 19.3 Å². The largest absolute Gasteiger partial charge is 0.462 e. The van der Waals surface area contributed by atoms with Gasteiger partial charge in [-0.1, -0.05) is 0 Å². The maximum absolute atomic E-state index is 11.3. The lowest BCUT2D eigenvalue weighted by Crippen LogP contribution is -2.06. The van der Waals surface area contributed by atoms with Crippen LogP contribution in [-0.2, 0) is 11.3 Å². The molecule has 0 bridgehead atoms. The molecule has 84 valence electrons. The summed E-state index contributed by atoms with van der Waals surface area (Å²) in [5.41, 5.74) is 5.82. The molecule has 15 heavy (non-hydrogen) atoms.